The van der Waals surface area contributed by atoms with Gasteiger partial charge in [0.05, 0.1) is 11.1 Å². The standard InChI is InChI=1S/C23H19N3O2S2/c1-2-20(28)26-17-10-8-16(9-11-17)19(27)13-30-23-21-18(15-6-4-3-5-7-15)12-29-22(21)24-14-25-23/h3-12,14H,2,13H2,1H3,(H,26,28). The van der Waals surface area contributed by atoms with Crippen molar-refractivity contribution in [2.75, 3.05) is 11.1 Å². The van der Waals surface area contributed by atoms with E-state index in [1.54, 1.807) is 48.9 Å². The van der Waals surface area contributed by atoms with Crippen molar-refractivity contribution in [2.24, 2.45) is 0 Å². The Morgan fingerprint density at radius 2 is 1.80 bits per heavy atom. The van der Waals surface area contributed by atoms with Gasteiger partial charge in [-0.3, -0.25) is 9.59 Å². The van der Waals surface area contributed by atoms with Crippen molar-refractivity contribution < 1.29 is 9.59 Å². The van der Waals surface area contributed by atoms with E-state index in [9.17, 15) is 9.59 Å². The Morgan fingerprint density at radius 3 is 2.53 bits per heavy atom. The molecule has 1 N–H and O–H groups in total. The van der Waals surface area contributed by atoms with Gasteiger partial charge in [0.1, 0.15) is 16.2 Å². The molecule has 0 radical (unpaired) electrons. The lowest BCUT2D eigenvalue weighted by Crippen LogP contribution is -2.09. The average Bonchev–Trinajstić information content (AvgIpc) is 3.23. The number of benzene rings is 2. The maximum Gasteiger partial charge on any atom is 0.224 e. The molecule has 0 bridgehead atoms. The molecule has 150 valence electrons. The van der Waals surface area contributed by atoms with Crippen LogP contribution in [0.15, 0.2) is 71.3 Å². The van der Waals surface area contributed by atoms with Crippen LogP contribution in [0.25, 0.3) is 21.3 Å². The summed E-state index contributed by atoms with van der Waals surface area (Å²) in [6.45, 7) is 1.80. The van der Waals surface area contributed by atoms with Crippen LogP contribution in [0.2, 0.25) is 0 Å². The number of anilines is 1. The number of hydrogen-bond acceptors (Lipinski definition) is 6. The van der Waals surface area contributed by atoms with E-state index in [2.05, 4.69) is 32.8 Å². The molecule has 0 atom stereocenters. The van der Waals surface area contributed by atoms with Crippen molar-refractivity contribution in [3.63, 3.8) is 0 Å². The highest BCUT2D eigenvalue weighted by Crippen LogP contribution is 2.37. The zero-order valence-electron chi connectivity index (χ0n) is 16.3. The van der Waals surface area contributed by atoms with Crippen molar-refractivity contribution in [1.82, 2.24) is 9.97 Å². The number of Topliss-reactive ketones (excluding diaryl/α,β-unsaturated/α-hetero) is 1. The lowest BCUT2D eigenvalue weighted by atomic mass is 10.1. The summed E-state index contributed by atoms with van der Waals surface area (Å²) < 4.78 is 0. The van der Waals surface area contributed by atoms with E-state index >= 15 is 0 Å². The molecule has 0 fully saturated rings. The summed E-state index contributed by atoms with van der Waals surface area (Å²) in [5, 5.41) is 6.67. The first-order chi connectivity index (χ1) is 14.7. The maximum absolute atomic E-state index is 12.7. The molecule has 1 amide bonds. The molecule has 2 heterocycles. The summed E-state index contributed by atoms with van der Waals surface area (Å²) in [5.41, 5.74) is 3.49. The number of rotatable bonds is 7. The largest absolute Gasteiger partial charge is 0.326 e. The summed E-state index contributed by atoms with van der Waals surface area (Å²) in [4.78, 5) is 33.9. The van der Waals surface area contributed by atoms with Crippen LogP contribution in [0.4, 0.5) is 5.69 Å². The Kier molecular flexibility index (Phi) is 6.21. The maximum atomic E-state index is 12.7. The number of fused-ring (bicyclic) bond motifs is 1. The number of ketones is 1. The first kappa shape index (κ1) is 20.3. The van der Waals surface area contributed by atoms with Crippen LogP contribution < -0.4 is 5.32 Å². The van der Waals surface area contributed by atoms with E-state index in [1.165, 1.54) is 11.8 Å². The molecule has 0 saturated heterocycles. The fourth-order valence-corrected chi connectivity index (χ4v) is 4.88. The molecular weight excluding hydrogens is 414 g/mol. The zero-order valence-corrected chi connectivity index (χ0v) is 17.9. The van der Waals surface area contributed by atoms with Gasteiger partial charge in [-0.1, -0.05) is 49.0 Å². The van der Waals surface area contributed by atoms with Gasteiger partial charge in [0.15, 0.2) is 5.78 Å². The molecule has 2 aromatic heterocycles. The molecule has 0 saturated carbocycles. The van der Waals surface area contributed by atoms with Crippen LogP contribution in [0.1, 0.15) is 23.7 Å². The Morgan fingerprint density at radius 1 is 1.03 bits per heavy atom. The Balaban J connectivity index is 1.52. The number of thiophene rings is 1. The minimum atomic E-state index is -0.0533. The minimum Gasteiger partial charge on any atom is -0.326 e. The van der Waals surface area contributed by atoms with Gasteiger partial charge >= 0.3 is 0 Å². The Labute approximate surface area is 182 Å². The van der Waals surface area contributed by atoms with Gasteiger partial charge in [-0.25, -0.2) is 9.97 Å². The van der Waals surface area contributed by atoms with E-state index in [4.69, 9.17) is 0 Å². The molecule has 0 aliphatic heterocycles. The van der Waals surface area contributed by atoms with Crippen molar-refractivity contribution in [3.05, 3.63) is 71.9 Å². The lowest BCUT2D eigenvalue weighted by Gasteiger charge is -2.06. The molecular formula is C23H19N3O2S2. The number of thioether (sulfide) groups is 1. The van der Waals surface area contributed by atoms with Gasteiger partial charge in [0.25, 0.3) is 0 Å². The third-order valence-electron chi connectivity index (χ3n) is 4.57. The van der Waals surface area contributed by atoms with Crippen LogP contribution in [0.3, 0.4) is 0 Å². The molecule has 4 aromatic rings. The molecule has 0 unspecified atom stereocenters. The fraction of sp³-hybridized carbons (Fsp3) is 0.130. The minimum absolute atomic E-state index is 0.0108. The van der Waals surface area contributed by atoms with Gasteiger partial charge < -0.3 is 5.32 Å². The van der Waals surface area contributed by atoms with E-state index in [0.717, 1.165) is 26.4 Å². The van der Waals surface area contributed by atoms with Gasteiger partial charge in [0.2, 0.25) is 5.91 Å². The predicted molar refractivity (Wildman–Crippen MR) is 123 cm³/mol. The summed E-state index contributed by atoms with van der Waals surface area (Å²) in [6.07, 6.45) is 1.96. The third kappa shape index (κ3) is 4.42. The topological polar surface area (TPSA) is 72.0 Å². The van der Waals surface area contributed by atoms with Crippen LogP contribution in [-0.4, -0.2) is 27.4 Å². The lowest BCUT2D eigenvalue weighted by molar-refractivity contribution is -0.115. The van der Waals surface area contributed by atoms with Gasteiger partial charge in [-0.15, -0.1) is 11.3 Å². The van der Waals surface area contributed by atoms with Gasteiger partial charge in [-0.2, -0.15) is 0 Å². The highest BCUT2D eigenvalue weighted by atomic mass is 32.2. The van der Waals surface area contributed by atoms with Crippen LogP contribution in [0, 0.1) is 0 Å². The van der Waals surface area contributed by atoms with E-state index < -0.39 is 0 Å². The molecule has 2 aromatic carbocycles. The van der Waals surface area contributed by atoms with Crippen molar-refractivity contribution >= 4 is 50.7 Å². The number of aromatic nitrogens is 2. The van der Waals surface area contributed by atoms with Crippen molar-refractivity contribution in [3.8, 4) is 11.1 Å². The van der Waals surface area contributed by atoms with Gasteiger partial charge in [0, 0.05) is 28.6 Å². The van der Waals surface area contributed by atoms with E-state index in [0.29, 0.717) is 17.7 Å². The molecule has 0 spiro atoms. The number of amides is 1. The quantitative estimate of drug-likeness (QED) is 0.231. The summed E-state index contributed by atoms with van der Waals surface area (Å²) in [7, 11) is 0. The smallest absolute Gasteiger partial charge is 0.224 e. The fourth-order valence-electron chi connectivity index (χ4n) is 2.99. The van der Waals surface area contributed by atoms with Crippen LogP contribution in [0.5, 0.6) is 0 Å². The summed E-state index contributed by atoms with van der Waals surface area (Å²) in [5.74, 6) is 0.232. The summed E-state index contributed by atoms with van der Waals surface area (Å²) in [6, 6.07) is 17.1. The second kappa shape index (κ2) is 9.19. The first-order valence-corrected chi connectivity index (χ1v) is 11.4. The van der Waals surface area contributed by atoms with Crippen LogP contribution >= 0.6 is 23.1 Å². The third-order valence-corrected chi connectivity index (χ3v) is 6.45. The summed E-state index contributed by atoms with van der Waals surface area (Å²) >= 11 is 3.00. The molecule has 7 heteroatoms. The predicted octanol–water partition coefficient (Wildman–Crippen LogP) is 5.68. The van der Waals surface area contributed by atoms with Crippen LogP contribution in [-0.2, 0) is 4.79 Å². The second-order valence-electron chi connectivity index (χ2n) is 6.57. The molecule has 30 heavy (non-hydrogen) atoms. The van der Waals surface area contributed by atoms with Gasteiger partial charge in [-0.05, 0) is 29.8 Å². The van der Waals surface area contributed by atoms with Crippen molar-refractivity contribution in [2.45, 2.75) is 18.4 Å². The monoisotopic (exact) mass is 433 g/mol. The van der Waals surface area contributed by atoms with E-state index in [-0.39, 0.29) is 17.4 Å². The highest BCUT2D eigenvalue weighted by molar-refractivity contribution is 8.00. The number of carbonyl (C=O) groups excluding carboxylic acids is 2. The number of nitrogens with zero attached hydrogens (tertiary/aromatic N) is 2. The normalized spacial score (nSPS) is 10.8. The number of hydrogen-bond donors (Lipinski definition) is 1. The SMILES string of the molecule is CCC(=O)Nc1ccc(C(=O)CSc2ncnc3scc(-c4ccccc4)c23)cc1. The first-order valence-electron chi connectivity index (χ1n) is 9.49. The van der Waals surface area contributed by atoms with E-state index in [1.807, 2.05) is 18.2 Å². The zero-order chi connectivity index (χ0) is 20.9. The Hall–Kier alpha value is -3.03. The Bertz CT molecular complexity index is 1190. The molecule has 5 nitrogen and oxygen atoms in total. The highest BCUT2D eigenvalue weighted by Gasteiger charge is 2.15. The molecule has 0 aliphatic rings. The number of nitrogens with one attached hydrogen (secondary N) is 1. The second-order valence-corrected chi connectivity index (χ2v) is 8.39. The average molecular weight is 434 g/mol. The molecule has 4 rings (SSSR count). The number of carbonyl (C=O) groups is 2. The molecule has 0 aliphatic carbocycles. The van der Waals surface area contributed by atoms with Crippen molar-refractivity contribution in [1.29, 1.82) is 0 Å².